The number of allylic oxidation sites excluding steroid dienone is 2. The maximum Gasteiger partial charge on any atom is 0.258 e. The first-order chi connectivity index (χ1) is 13.7. The van der Waals surface area contributed by atoms with Gasteiger partial charge in [0, 0.05) is 0 Å². The average Bonchev–Trinajstić information content (AvgIpc) is 3.33. The van der Waals surface area contributed by atoms with Gasteiger partial charge in [-0.25, -0.2) is 0 Å². The van der Waals surface area contributed by atoms with Crippen LogP contribution in [0.5, 0.6) is 0 Å². The third kappa shape index (κ3) is 4.91. The van der Waals surface area contributed by atoms with Crippen molar-refractivity contribution in [3.63, 3.8) is 0 Å². The Balaban J connectivity index is 1.73. The molecule has 1 N–H and O–H groups in total. The molecule has 1 atom stereocenters. The van der Waals surface area contributed by atoms with Crippen molar-refractivity contribution in [2.45, 2.75) is 77.0 Å². The van der Waals surface area contributed by atoms with E-state index < -0.39 is 8.32 Å². The zero-order valence-corrected chi connectivity index (χ0v) is 19.6. The number of hydrogen-bond donors (Lipinski definition) is 1. The second kappa shape index (κ2) is 8.59. The van der Waals surface area contributed by atoms with Crippen LogP contribution in [0.3, 0.4) is 0 Å². The van der Waals surface area contributed by atoms with Gasteiger partial charge in [-0.05, 0) is 61.9 Å². The summed E-state index contributed by atoms with van der Waals surface area (Å²) < 4.78 is 5.70. The first-order valence-corrected chi connectivity index (χ1v) is 12.8. The molecule has 2 aromatic carbocycles. The highest BCUT2D eigenvalue weighted by atomic mass is 28.4. The highest BCUT2D eigenvalue weighted by Crippen LogP contribution is 2.41. The lowest BCUT2D eigenvalue weighted by atomic mass is 10.0. The predicted octanol–water partition coefficient (Wildman–Crippen LogP) is 5.20. The summed E-state index contributed by atoms with van der Waals surface area (Å²) in [4.78, 5) is 12.2. The quantitative estimate of drug-likeness (QED) is 0.351. The van der Waals surface area contributed by atoms with Crippen LogP contribution in [0.25, 0.3) is 0 Å². The highest BCUT2D eigenvalue weighted by molar-refractivity contribution is 6.98. The predicted molar refractivity (Wildman–Crippen MR) is 125 cm³/mol. The zero-order chi connectivity index (χ0) is 21.1. The Bertz CT molecular complexity index is 785. The van der Waals surface area contributed by atoms with Crippen molar-refractivity contribution in [3.8, 4) is 0 Å². The van der Waals surface area contributed by atoms with Crippen LogP contribution in [0.2, 0.25) is 5.04 Å². The molecule has 1 saturated heterocycles. The van der Waals surface area contributed by atoms with Crippen LogP contribution in [0.1, 0.15) is 60.3 Å². The number of ether oxygens (including phenoxy) is 1. The van der Waals surface area contributed by atoms with Crippen molar-refractivity contribution >= 4 is 18.7 Å². The van der Waals surface area contributed by atoms with E-state index in [0.717, 1.165) is 36.1 Å². The van der Waals surface area contributed by atoms with Crippen molar-refractivity contribution in [3.05, 3.63) is 72.3 Å². The Morgan fingerprint density at radius 1 is 1.03 bits per heavy atom. The Morgan fingerprint density at radius 2 is 1.52 bits per heavy atom. The fraction of sp³-hybridized carbons (Fsp3) is 0.462. The van der Waals surface area contributed by atoms with Gasteiger partial charge in [-0.3, -0.25) is 0 Å². The molecule has 1 aliphatic heterocycles. The fourth-order valence-electron chi connectivity index (χ4n) is 4.37. The molecule has 1 unspecified atom stereocenters. The van der Waals surface area contributed by atoms with E-state index in [2.05, 4.69) is 65.0 Å². The molecule has 1 heterocycles. The Labute approximate surface area is 177 Å². The molecule has 0 aliphatic carbocycles. The molecular weight excluding hydrogens is 372 g/mol. The van der Waals surface area contributed by atoms with Gasteiger partial charge in [-0.15, -0.1) is 0 Å². The second-order valence-corrected chi connectivity index (χ2v) is 13.6. The maximum atomic E-state index is 12.2. The van der Waals surface area contributed by atoms with Crippen molar-refractivity contribution in [1.29, 1.82) is 0 Å². The lowest BCUT2D eigenvalue weighted by Gasteiger charge is -2.41. The second-order valence-electron chi connectivity index (χ2n) is 9.66. The van der Waals surface area contributed by atoms with Gasteiger partial charge in [-0.2, -0.15) is 0 Å². The van der Waals surface area contributed by atoms with Gasteiger partial charge < -0.3 is 9.53 Å². The minimum Gasteiger partial charge on any atom is -0.424 e. The van der Waals surface area contributed by atoms with Gasteiger partial charge in [0.2, 0.25) is 0 Å². The summed E-state index contributed by atoms with van der Waals surface area (Å²) in [5, 5.41) is 1.99. The van der Waals surface area contributed by atoms with Gasteiger partial charge in [0.15, 0.2) is 0 Å². The summed E-state index contributed by atoms with van der Waals surface area (Å²) in [7, 11) is -2.90. The molecule has 0 saturated carbocycles. The van der Waals surface area contributed by atoms with Crippen molar-refractivity contribution in [1.82, 2.24) is 0 Å². The summed E-state index contributed by atoms with van der Waals surface area (Å²) in [6.45, 7) is 11.0. The molecule has 156 valence electrons. The van der Waals surface area contributed by atoms with Crippen molar-refractivity contribution < 1.29 is 9.53 Å². The zero-order valence-electron chi connectivity index (χ0n) is 18.6. The van der Waals surface area contributed by atoms with Crippen LogP contribution in [0.4, 0.5) is 0 Å². The minimum absolute atomic E-state index is 0.0791. The van der Waals surface area contributed by atoms with Crippen LogP contribution in [-0.2, 0) is 4.74 Å². The molecule has 3 heteroatoms. The first-order valence-electron chi connectivity index (χ1n) is 10.8. The Kier molecular flexibility index (Phi) is 6.52. The average molecular weight is 409 g/mol. The molecule has 3 rings (SSSR count). The number of hydrogen-bond acceptors (Lipinski definition) is 2. The standard InChI is InChI=1S/C26H36O2Si/c1-21(18-19-24-26(4,5)28-24)13-12-20-25(2,3)29(27,22-14-8-6-9-15-22)23-16-10-7-11-17-23/h6-11,13-17,24,27H,12,18-20H2,1-5H3/b21-13-. The maximum absolute atomic E-state index is 12.2. The third-order valence-corrected chi connectivity index (χ3v) is 11.1. The monoisotopic (exact) mass is 408 g/mol. The Morgan fingerprint density at radius 3 is 1.97 bits per heavy atom. The SMILES string of the molecule is C/C(=C/CCC(C)(C)[Si](O)(c1ccccc1)c1ccccc1)CCC1OC1(C)C. The van der Waals surface area contributed by atoms with Gasteiger partial charge in [0.25, 0.3) is 8.32 Å². The van der Waals surface area contributed by atoms with E-state index in [1.165, 1.54) is 5.57 Å². The van der Waals surface area contributed by atoms with Crippen molar-refractivity contribution in [2.75, 3.05) is 0 Å². The van der Waals surface area contributed by atoms with Gasteiger partial charge >= 0.3 is 0 Å². The molecule has 29 heavy (non-hydrogen) atoms. The first kappa shape index (κ1) is 22.0. The molecule has 0 spiro atoms. The van der Waals surface area contributed by atoms with Crippen LogP contribution in [-0.4, -0.2) is 24.8 Å². The smallest absolute Gasteiger partial charge is 0.258 e. The molecule has 0 bridgehead atoms. The van der Waals surface area contributed by atoms with Crippen LogP contribution in [0.15, 0.2) is 72.3 Å². The summed E-state index contributed by atoms with van der Waals surface area (Å²) in [6, 6.07) is 20.6. The lowest BCUT2D eigenvalue weighted by Crippen LogP contribution is -2.65. The fourth-order valence-corrected chi connectivity index (χ4v) is 8.12. The molecular formula is C26H36O2Si. The summed E-state index contributed by atoms with van der Waals surface area (Å²) in [5.74, 6) is 0. The van der Waals surface area contributed by atoms with Crippen molar-refractivity contribution in [2.24, 2.45) is 0 Å². The molecule has 1 aliphatic rings. The molecule has 2 aromatic rings. The van der Waals surface area contributed by atoms with E-state index in [9.17, 15) is 4.80 Å². The van der Waals surface area contributed by atoms with E-state index in [4.69, 9.17) is 4.74 Å². The van der Waals surface area contributed by atoms with E-state index >= 15 is 0 Å². The molecule has 2 nitrogen and oxygen atoms in total. The van der Waals surface area contributed by atoms with E-state index in [1.807, 2.05) is 36.4 Å². The van der Waals surface area contributed by atoms with E-state index in [1.54, 1.807) is 0 Å². The molecule has 0 amide bonds. The summed E-state index contributed by atoms with van der Waals surface area (Å²) in [6.07, 6.45) is 6.92. The van der Waals surface area contributed by atoms with Crippen LogP contribution >= 0.6 is 0 Å². The van der Waals surface area contributed by atoms with Gasteiger partial charge in [0.1, 0.15) is 0 Å². The molecule has 0 radical (unpaired) electrons. The Hall–Kier alpha value is -1.68. The van der Waals surface area contributed by atoms with E-state index in [0.29, 0.717) is 6.10 Å². The number of epoxide rings is 1. The largest absolute Gasteiger partial charge is 0.424 e. The normalized spacial score (nSPS) is 19.2. The van der Waals surface area contributed by atoms with Crippen LogP contribution in [0, 0.1) is 0 Å². The van der Waals surface area contributed by atoms with E-state index in [-0.39, 0.29) is 10.6 Å². The van der Waals surface area contributed by atoms with Gasteiger partial charge in [-0.1, -0.05) is 86.2 Å². The number of benzene rings is 2. The lowest BCUT2D eigenvalue weighted by molar-refractivity contribution is 0.320. The third-order valence-electron chi connectivity index (χ3n) is 6.59. The highest BCUT2D eigenvalue weighted by Gasteiger charge is 2.49. The summed E-state index contributed by atoms with van der Waals surface area (Å²) in [5.41, 5.74) is 1.51. The molecule has 1 fully saturated rings. The van der Waals surface area contributed by atoms with Gasteiger partial charge in [0.05, 0.1) is 11.7 Å². The molecule has 0 aromatic heterocycles. The topological polar surface area (TPSA) is 32.8 Å². The van der Waals surface area contributed by atoms with Crippen LogP contribution < -0.4 is 10.4 Å². The summed E-state index contributed by atoms with van der Waals surface area (Å²) >= 11 is 0. The minimum atomic E-state index is -2.90. The number of rotatable bonds is 9.